The number of anilines is 1. The number of alkyl halides is 3. The Morgan fingerprint density at radius 1 is 1.03 bits per heavy atom. The maximum Gasteiger partial charge on any atom is 0.416 e. The van der Waals surface area contributed by atoms with E-state index in [1.165, 1.54) is 36.4 Å². The van der Waals surface area contributed by atoms with Crippen LogP contribution in [0.4, 0.5) is 23.2 Å². The summed E-state index contributed by atoms with van der Waals surface area (Å²) in [6.07, 6.45) is -4.46. The van der Waals surface area contributed by atoms with E-state index >= 15 is 0 Å². The van der Waals surface area contributed by atoms with E-state index in [1.54, 1.807) is 9.80 Å². The number of carbonyl (C=O) groups excluding carboxylic acids is 1. The van der Waals surface area contributed by atoms with Crippen LogP contribution in [0, 0.1) is 10.7 Å². The van der Waals surface area contributed by atoms with E-state index in [1.807, 2.05) is 0 Å². The van der Waals surface area contributed by atoms with Gasteiger partial charge in [0.1, 0.15) is 18.1 Å². The fourth-order valence-electron chi connectivity index (χ4n) is 3.51. The number of carbonyl (C=O) groups is 1. The summed E-state index contributed by atoms with van der Waals surface area (Å²) in [7, 11) is 0. The van der Waals surface area contributed by atoms with Crippen molar-refractivity contribution in [3.05, 3.63) is 64.3 Å². The minimum absolute atomic E-state index is 0.126. The summed E-state index contributed by atoms with van der Waals surface area (Å²) in [5.74, 6) is -0.0605. The van der Waals surface area contributed by atoms with Crippen molar-refractivity contribution in [2.75, 3.05) is 37.7 Å². The van der Waals surface area contributed by atoms with Crippen LogP contribution in [0.5, 0.6) is 5.75 Å². The number of ether oxygens (including phenoxy) is 1. The fraction of sp³-hybridized carbons (Fsp3) is 0.381. The SMILES string of the molecule is O=NCc1c(N2CCN(C(=O)CCOc3ccc(F)cc3)CC2)cccc1C(F)(F)F. The number of piperazine rings is 1. The summed E-state index contributed by atoms with van der Waals surface area (Å²) in [6.45, 7) is 0.882. The van der Waals surface area contributed by atoms with Crippen molar-refractivity contribution in [2.45, 2.75) is 19.1 Å². The lowest BCUT2D eigenvalue weighted by molar-refractivity contribution is -0.138. The Morgan fingerprint density at radius 2 is 1.71 bits per heavy atom. The summed E-state index contributed by atoms with van der Waals surface area (Å²) in [6, 6.07) is 9.24. The van der Waals surface area contributed by atoms with Crippen LogP contribution >= 0.6 is 0 Å². The summed E-state index contributed by atoms with van der Waals surface area (Å²) in [5, 5.41) is 2.67. The molecular weight excluding hydrogens is 418 g/mol. The summed E-state index contributed by atoms with van der Waals surface area (Å²) in [4.78, 5) is 26.5. The molecule has 166 valence electrons. The standard InChI is InChI=1S/C21H21F4N3O3/c22-15-4-6-16(7-5-15)31-13-8-20(29)28-11-9-27(10-12-28)19-3-1-2-18(21(23,24)25)17(19)14-26-30/h1-7H,8-14H2. The molecule has 1 amide bonds. The molecule has 0 bridgehead atoms. The number of amides is 1. The Morgan fingerprint density at radius 3 is 2.32 bits per heavy atom. The van der Waals surface area contributed by atoms with Crippen molar-refractivity contribution in [3.63, 3.8) is 0 Å². The Labute approximate surface area is 176 Å². The highest BCUT2D eigenvalue weighted by atomic mass is 19.4. The van der Waals surface area contributed by atoms with Crippen molar-refractivity contribution in [3.8, 4) is 5.75 Å². The third kappa shape index (κ3) is 5.71. The highest BCUT2D eigenvalue weighted by molar-refractivity contribution is 5.76. The molecule has 0 aliphatic carbocycles. The van der Waals surface area contributed by atoms with Crippen LogP contribution in [0.2, 0.25) is 0 Å². The van der Waals surface area contributed by atoms with Crippen molar-refractivity contribution >= 4 is 11.6 Å². The first-order valence-corrected chi connectivity index (χ1v) is 9.69. The van der Waals surface area contributed by atoms with Gasteiger partial charge in [-0.3, -0.25) is 4.79 Å². The normalized spacial score (nSPS) is 14.5. The molecule has 1 saturated heterocycles. The van der Waals surface area contributed by atoms with Crippen molar-refractivity contribution in [1.29, 1.82) is 0 Å². The van der Waals surface area contributed by atoms with Crippen LogP contribution in [0.25, 0.3) is 0 Å². The number of nitrogens with zero attached hydrogens (tertiary/aromatic N) is 3. The molecule has 1 aliphatic rings. The topological polar surface area (TPSA) is 62.2 Å². The molecule has 0 atom stereocenters. The summed E-state index contributed by atoms with van der Waals surface area (Å²) < 4.78 is 58.2. The molecule has 1 aliphatic heterocycles. The molecule has 0 N–H and O–H groups in total. The lowest BCUT2D eigenvalue weighted by Crippen LogP contribution is -2.49. The smallest absolute Gasteiger partial charge is 0.416 e. The zero-order valence-electron chi connectivity index (χ0n) is 16.6. The van der Waals surface area contributed by atoms with Gasteiger partial charge in [-0.15, -0.1) is 0 Å². The Balaban J connectivity index is 1.57. The first-order chi connectivity index (χ1) is 14.8. The van der Waals surface area contributed by atoms with Gasteiger partial charge in [0, 0.05) is 37.4 Å². The van der Waals surface area contributed by atoms with Crippen LogP contribution in [-0.2, 0) is 17.5 Å². The van der Waals surface area contributed by atoms with Crippen LogP contribution in [-0.4, -0.2) is 43.6 Å². The molecule has 2 aromatic rings. The van der Waals surface area contributed by atoms with Gasteiger partial charge in [-0.05, 0) is 36.4 Å². The second-order valence-corrected chi connectivity index (χ2v) is 7.01. The van der Waals surface area contributed by atoms with Gasteiger partial charge in [0.25, 0.3) is 0 Å². The number of hydrogen-bond donors (Lipinski definition) is 0. The van der Waals surface area contributed by atoms with Gasteiger partial charge < -0.3 is 14.5 Å². The Kier molecular flexibility index (Phi) is 7.09. The average molecular weight is 439 g/mol. The number of nitroso groups, excluding NO2 is 1. The van der Waals surface area contributed by atoms with Gasteiger partial charge >= 0.3 is 6.18 Å². The molecular formula is C21H21F4N3O3. The quantitative estimate of drug-likeness (QED) is 0.479. The number of benzene rings is 2. The number of halogens is 4. The van der Waals surface area contributed by atoms with Crippen molar-refractivity contribution in [1.82, 2.24) is 4.90 Å². The number of rotatable bonds is 7. The molecule has 6 nitrogen and oxygen atoms in total. The molecule has 2 aromatic carbocycles. The monoisotopic (exact) mass is 439 g/mol. The van der Waals surface area contributed by atoms with E-state index in [0.717, 1.165) is 6.07 Å². The van der Waals surface area contributed by atoms with Crippen molar-refractivity contribution in [2.24, 2.45) is 5.18 Å². The molecule has 3 rings (SSSR count). The number of hydrogen-bond acceptors (Lipinski definition) is 5. The van der Waals surface area contributed by atoms with E-state index in [-0.39, 0.29) is 30.3 Å². The lowest BCUT2D eigenvalue weighted by Gasteiger charge is -2.37. The van der Waals surface area contributed by atoms with Crippen LogP contribution in [0.15, 0.2) is 47.6 Å². The first-order valence-electron chi connectivity index (χ1n) is 9.69. The largest absolute Gasteiger partial charge is 0.493 e. The van der Waals surface area contributed by atoms with E-state index in [9.17, 15) is 27.3 Å². The maximum absolute atomic E-state index is 13.3. The molecule has 0 unspecified atom stereocenters. The molecule has 0 saturated carbocycles. The minimum Gasteiger partial charge on any atom is -0.493 e. The zero-order valence-corrected chi connectivity index (χ0v) is 16.6. The predicted molar refractivity (Wildman–Crippen MR) is 106 cm³/mol. The van der Waals surface area contributed by atoms with E-state index in [4.69, 9.17) is 4.74 Å². The van der Waals surface area contributed by atoms with Gasteiger partial charge in [-0.25, -0.2) is 4.39 Å². The Bertz CT molecular complexity index is 911. The molecule has 0 spiro atoms. The third-order valence-electron chi connectivity index (χ3n) is 5.05. The van der Waals surface area contributed by atoms with Crippen LogP contribution in [0.3, 0.4) is 0 Å². The molecule has 0 aromatic heterocycles. The molecule has 1 fully saturated rings. The van der Waals surface area contributed by atoms with E-state index in [0.29, 0.717) is 37.6 Å². The Hall–Kier alpha value is -3.17. The van der Waals surface area contributed by atoms with Crippen LogP contribution in [0.1, 0.15) is 17.5 Å². The second-order valence-electron chi connectivity index (χ2n) is 7.01. The van der Waals surface area contributed by atoms with Gasteiger partial charge in [-0.1, -0.05) is 11.2 Å². The lowest BCUT2D eigenvalue weighted by atomic mass is 10.0. The second kappa shape index (κ2) is 9.76. The highest BCUT2D eigenvalue weighted by Gasteiger charge is 2.35. The average Bonchev–Trinajstić information content (AvgIpc) is 2.75. The first kappa shape index (κ1) is 22.5. The predicted octanol–water partition coefficient (Wildman–Crippen LogP) is 4.23. The maximum atomic E-state index is 13.3. The highest BCUT2D eigenvalue weighted by Crippen LogP contribution is 2.37. The summed E-state index contributed by atoms with van der Waals surface area (Å²) >= 11 is 0. The zero-order chi connectivity index (χ0) is 22.4. The van der Waals surface area contributed by atoms with E-state index in [2.05, 4.69) is 5.18 Å². The van der Waals surface area contributed by atoms with E-state index < -0.39 is 18.3 Å². The molecule has 0 radical (unpaired) electrons. The third-order valence-corrected chi connectivity index (χ3v) is 5.05. The van der Waals surface area contributed by atoms with Gasteiger partial charge in [-0.2, -0.15) is 18.1 Å². The molecule has 10 heteroatoms. The summed E-state index contributed by atoms with van der Waals surface area (Å²) in [5.41, 5.74) is -0.723. The molecule has 1 heterocycles. The molecule has 31 heavy (non-hydrogen) atoms. The van der Waals surface area contributed by atoms with Gasteiger partial charge in [0.15, 0.2) is 0 Å². The fourth-order valence-corrected chi connectivity index (χ4v) is 3.51. The van der Waals surface area contributed by atoms with Crippen molar-refractivity contribution < 1.29 is 27.1 Å². The van der Waals surface area contributed by atoms with Crippen LogP contribution < -0.4 is 9.64 Å². The minimum atomic E-state index is -4.58. The van der Waals surface area contributed by atoms with Gasteiger partial charge in [0.05, 0.1) is 18.6 Å². The van der Waals surface area contributed by atoms with Gasteiger partial charge in [0.2, 0.25) is 5.91 Å².